The van der Waals surface area contributed by atoms with Crippen molar-refractivity contribution in [1.82, 2.24) is 9.55 Å². The topological polar surface area (TPSA) is 90.3 Å². The highest BCUT2D eigenvalue weighted by atomic mass is 35.5. The van der Waals surface area contributed by atoms with Gasteiger partial charge in [-0.15, -0.1) is 11.3 Å². The van der Waals surface area contributed by atoms with Crippen LogP contribution in [0.4, 0.5) is 5.69 Å². The molecule has 3 rings (SSSR count). The summed E-state index contributed by atoms with van der Waals surface area (Å²) < 4.78 is 5.97. The van der Waals surface area contributed by atoms with Crippen molar-refractivity contribution in [3.8, 4) is 0 Å². The molecule has 0 fully saturated rings. The van der Waals surface area contributed by atoms with E-state index in [4.69, 9.17) is 16.3 Å². The van der Waals surface area contributed by atoms with Crippen molar-refractivity contribution in [2.45, 2.75) is 19.9 Å². The molecule has 7 nitrogen and oxygen atoms in total. The number of para-hydroxylation sites is 1. The molecule has 0 saturated carbocycles. The summed E-state index contributed by atoms with van der Waals surface area (Å²) in [7, 11) is 1.28. The molecule has 1 N–H and O–H groups in total. The first-order chi connectivity index (χ1) is 12.8. The molecule has 1 aromatic carbocycles. The molecule has 0 bridgehead atoms. The average Bonchev–Trinajstić information content (AvgIpc) is 3.00. The molecule has 1 amide bonds. The summed E-state index contributed by atoms with van der Waals surface area (Å²) in [6, 6.07) is 6.00. The van der Waals surface area contributed by atoms with Crippen LogP contribution in [-0.2, 0) is 9.53 Å². The van der Waals surface area contributed by atoms with Gasteiger partial charge in [-0.1, -0.05) is 23.7 Å². The van der Waals surface area contributed by atoms with Crippen molar-refractivity contribution in [1.29, 1.82) is 0 Å². The lowest BCUT2D eigenvalue weighted by atomic mass is 10.2. The van der Waals surface area contributed by atoms with Gasteiger partial charge in [0.25, 0.3) is 5.56 Å². The van der Waals surface area contributed by atoms with Gasteiger partial charge in [-0.05, 0) is 31.5 Å². The highest BCUT2D eigenvalue weighted by molar-refractivity contribution is 7.20. The summed E-state index contributed by atoms with van der Waals surface area (Å²) in [4.78, 5) is 42.3. The minimum Gasteiger partial charge on any atom is -0.465 e. The van der Waals surface area contributed by atoms with Gasteiger partial charge in [0, 0.05) is 0 Å². The van der Waals surface area contributed by atoms with Crippen LogP contribution in [0.5, 0.6) is 0 Å². The second-order valence-corrected chi connectivity index (χ2v) is 7.24. The highest BCUT2D eigenvalue weighted by Gasteiger charge is 2.23. The fourth-order valence-electron chi connectivity index (χ4n) is 2.63. The number of carbonyl (C=O) groups excluding carboxylic acids is 2. The predicted molar refractivity (Wildman–Crippen MR) is 105 cm³/mol. The van der Waals surface area contributed by atoms with Gasteiger partial charge in [0.05, 0.1) is 29.5 Å². The number of thiophene rings is 1. The molecule has 140 valence electrons. The maximum atomic E-state index is 12.9. The van der Waals surface area contributed by atoms with Crippen molar-refractivity contribution in [2.75, 3.05) is 12.4 Å². The second-order valence-electron chi connectivity index (χ2n) is 5.83. The zero-order chi connectivity index (χ0) is 19.7. The fraction of sp³-hybridized carbons (Fsp3) is 0.222. The third-order valence-electron chi connectivity index (χ3n) is 4.18. The first-order valence-electron chi connectivity index (χ1n) is 7.99. The van der Waals surface area contributed by atoms with E-state index < -0.39 is 23.5 Å². The van der Waals surface area contributed by atoms with E-state index in [0.29, 0.717) is 31.4 Å². The van der Waals surface area contributed by atoms with Gasteiger partial charge in [-0.2, -0.15) is 0 Å². The van der Waals surface area contributed by atoms with Crippen LogP contribution in [0.25, 0.3) is 10.2 Å². The molecule has 1 unspecified atom stereocenters. The smallest absolute Gasteiger partial charge is 0.348 e. The lowest BCUT2D eigenvalue weighted by Crippen LogP contribution is -2.31. The number of hydrogen-bond donors (Lipinski definition) is 1. The number of nitrogens with zero attached hydrogens (tertiary/aromatic N) is 2. The summed E-state index contributed by atoms with van der Waals surface area (Å²) in [5.41, 5.74) is 0.552. The Morgan fingerprint density at radius 3 is 2.70 bits per heavy atom. The Morgan fingerprint density at radius 2 is 2.04 bits per heavy atom. The quantitative estimate of drug-likeness (QED) is 0.672. The molecule has 0 aliphatic carbocycles. The number of hydrogen-bond acceptors (Lipinski definition) is 6. The number of anilines is 1. The number of carbonyl (C=O) groups is 2. The van der Waals surface area contributed by atoms with Gasteiger partial charge in [0.2, 0.25) is 5.91 Å². The van der Waals surface area contributed by atoms with Crippen molar-refractivity contribution >= 4 is 50.7 Å². The van der Waals surface area contributed by atoms with Crippen molar-refractivity contribution in [3.63, 3.8) is 0 Å². The number of aryl methyl sites for hydroxylation is 1. The van der Waals surface area contributed by atoms with Crippen molar-refractivity contribution in [2.24, 2.45) is 0 Å². The molecule has 2 aromatic heterocycles. The number of amides is 1. The van der Waals surface area contributed by atoms with E-state index in [1.54, 1.807) is 38.1 Å². The van der Waals surface area contributed by atoms with Gasteiger partial charge < -0.3 is 10.1 Å². The molecule has 27 heavy (non-hydrogen) atoms. The lowest BCUT2D eigenvalue weighted by Gasteiger charge is -2.15. The maximum absolute atomic E-state index is 12.9. The van der Waals surface area contributed by atoms with Crippen LogP contribution in [0.2, 0.25) is 5.02 Å². The monoisotopic (exact) mass is 405 g/mol. The van der Waals surface area contributed by atoms with Gasteiger partial charge in [-0.25, -0.2) is 9.78 Å². The van der Waals surface area contributed by atoms with Gasteiger partial charge in [0.15, 0.2) is 0 Å². The molecule has 0 aliphatic rings. The van der Waals surface area contributed by atoms with E-state index in [9.17, 15) is 14.4 Å². The van der Waals surface area contributed by atoms with Crippen LogP contribution in [-0.4, -0.2) is 28.5 Å². The van der Waals surface area contributed by atoms with Crippen LogP contribution in [0.1, 0.15) is 28.2 Å². The van der Waals surface area contributed by atoms with E-state index in [1.165, 1.54) is 18.0 Å². The number of fused-ring (bicyclic) bond motifs is 1. The van der Waals surface area contributed by atoms with Gasteiger partial charge >= 0.3 is 5.97 Å². The van der Waals surface area contributed by atoms with E-state index in [2.05, 4.69) is 10.3 Å². The van der Waals surface area contributed by atoms with Gasteiger partial charge in [0.1, 0.15) is 15.7 Å². The second kappa shape index (κ2) is 7.50. The Labute approximate surface area is 163 Å². The minimum absolute atomic E-state index is 0.306. The number of benzene rings is 1. The molecule has 0 aliphatic heterocycles. The fourth-order valence-corrected chi connectivity index (χ4v) is 3.87. The minimum atomic E-state index is -0.827. The largest absolute Gasteiger partial charge is 0.465 e. The molecule has 0 spiro atoms. The normalized spacial score (nSPS) is 12.0. The Hall–Kier alpha value is -2.71. The SMILES string of the molecule is COC(=O)c1sc2ncn(C(C)C(=O)Nc3ccccc3Cl)c(=O)c2c1C. The Kier molecular flexibility index (Phi) is 5.29. The van der Waals surface area contributed by atoms with Crippen LogP contribution in [0, 0.1) is 6.92 Å². The molecule has 0 radical (unpaired) electrons. The predicted octanol–water partition coefficient (Wildman–Crippen LogP) is 3.41. The van der Waals surface area contributed by atoms with E-state index in [0.717, 1.165) is 11.3 Å². The van der Waals surface area contributed by atoms with Crippen molar-refractivity contribution < 1.29 is 14.3 Å². The first-order valence-corrected chi connectivity index (χ1v) is 9.18. The van der Waals surface area contributed by atoms with Crippen molar-refractivity contribution in [3.05, 3.63) is 56.4 Å². The molecule has 0 saturated heterocycles. The Bertz CT molecular complexity index is 1110. The Balaban J connectivity index is 1.99. The number of methoxy groups -OCH3 is 1. The summed E-state index contributed by atoms with van der Waals surface area (Å²) in [6.45, 7) is 3.25. The molecule has 1 atom stereocenters. The van der Waals surface area contributed by atoms with E-state index in [-0.39, 0.29) is 0 Å². The van der Waals surface area contributed by atoms with Crippen LogP contribution in [0.15, 0.2) is 35.4 Å². The van der Waals surface area contributed by atoms with Crippen LogP contribution < -0.4 is 10.9 Å². The summed E-state index contributed by atoms with van der Waals surface area (Å²) in [5.74, 6) is -0.932. The molecule has 2 heterocycles. The maximum Gasteiger partial charge on any atom is 0.348 e. The number of aromatic nitrogens is 2. The molecule has 9 heteroatoms. The Morgan fingerprint density at radius 1 is 1.33 bits per heavy atom. The van der Waals surface area contributed by atoms with Crippen LogP contribution >= 0.6 is 22.9 Å². The van der Waals surface area contributed by atoms with E-state index >= 15 is 0 Å². The summed E-state index contributed by atoms with van der Waals surface area (Å²) in [6.07, 6.45) is 1.30. The number of nitrogens with one attached hydrogen (secondary N) is 1. The average molecular weight is 406 g/mol. The van der Waals surface area contributed by atoms with E-state index in [1.807, 2.05) is 0 Å². The lowest BCUT2D eigenvalue weighted by molar-refractivity contribution is -0.118. The molecule has 3 aromatic rings. The standard InChI is InChI=1S/C18H16ClN3O4S/c1-9-13-16(27-14(9)18(25)26-3)20-8-22(17(13)24)10(2)15(23)21-12-7-5-4-6-11(12)19/h4-8,10H,1-3H3,(H,21,23). The third kappa shape index (κ3) is 3.45. The highest BCUT2D eigenvalue weighted by Crippen LogP contribution is 2.28. The zero-order valence-electron chi connectivity index (χ0n) is 14.8. The number of esters is 1. The first kappa shape index (κ1) is 19.1. The zero-order valence-corrected chi connectivity index (χ0v) is 16.4. The number of rotatable bonds is 4. The third-order valence-corrected chi connectivity index (χ3v) is 5.68. The van der Waals surface area contributed by atoms with Gasteiger partial charge in [-0.3, -0.25) is 14.2 Å². The summed E-state index contributed by atoms with van der Waals surface area (Å²) in [5, 5.41) is 3.41. The number of halogens is 1. The molecular formula is C18H16ClN3O4S. The molecular weight excluding hydrogens is 390 g/mol. The number of ether oxygens (including phenoxy) is 1. The van der Waals surface area contributed by atoms with Crippen LogP contribution in [0.3, 0.4) is 0 Å². The summed E-state index contributed by atoms with van der Waals surface area (Å²) >= 11 is 7.14.